The molecule has 1 fully saturated rings. The zero-order valence-corrected chi connectivity index (χ0v) is 13.5. The van der Waals surface area contributed by atoms with Crippen LogP contribution < -0.4 is 5.32 Å². The maximum Gasteiger partial charge on any atom is 0.303 e. The van der Waals surface area contributed by atoms with Gasteiger partial charge in [-0.05, 0) is 39.0 Å². The minimum atomic E-state index is -0.801. The van der Waals surface area contributed by atoms with Crippen LogP contribution in [0.2, 0.25) is 0 Å². The highest BCUT2D eigenvalue weighted by molar-refractivity contribution is 5.76. The Hall–Kier alpha value is -1.10. The number of hydrogen-bond donors (Lipinski definition) is 2. The molecule has 0 spiro atoms. The van der Waals surface area contributed by atoms with Crippen LogP contribution in [0.4, 0.5) is 0 Å². The lowest BCUT2D eigenvalue weighted by atomic mass is 9.58. The number of ether oxygens (including phenoxy) is 1. The van der Waals surface area contributed by atoms with Gasteiger partial charge < -0.3 is 15.2 Å². The van der Waals surface area contributed by atoms with E-state index in [2.05, 4.69) is 19.2 Å². The molecule has 0 radical (unpaired) electrons. The molecule has 1 aliphatic carbocycles. The van der Waals surface area contributed by atoms with Crippen molar-refractivity contribution in [2.45, 2.75) is 77.9 Å². The third-order valence-corrected chi connectivity index (χ3v) is 4.85. The summed E-state index contributed by atoms with van der Waals surface area (Å²) in [6, 6.07) is 0.191. The van der Waals surface area contributed by atoms with Crippen molar-refractivity contribution >= 4 is 11.9 Å². The first-order valence-electron chi connectivity index (χ1n) is 8.12. The molecule has 1 rings (SSSR count). The van der Waals surface area contributed by atoms with E-state index in [0.717, 1.165) is 19.3 Å². The summed E-state index contributed by atoms with van der Waals surface area (Å²) >= 11 is 0. The lowest BCUT2D eigenvalue weighted by Crippen LogP contribution is -2.64. The quantitative estimate of drug-likeness (QED) is 0.608. The smallest absolute Gasteiger partial charge is 0.303 e. The topological polar surface area (TPSA) is 75.6 Å². The maximum absolute atomic E-state index is 12.0. The standard InChI is InChI=1S/C16H29NO4/c1-4-16(5-2)12(11-13(16)21-6-3)17-14(18)9-7-8-10-15(19)20/h12-13H,4-11H2,1-3H3,(H,17,18)(H,19,20). The Balaban J connectivity index is 2.40. The van der Waals surface area contributed by atoms with E-state index in [4.69, 9.17) is 9.84 Å². The van der Waals surface area contributed by atoms with Gasteiger partial charge in [0.2, 0.25) is 5.91 Å². The summed E-state index contributed by atoms with van der Waals surface area (Å²) in [7, 11) is 0. The van der Waals surface area contributed by atoms with Gasteiger partial charge in [0.05, 0.1) is 6.10 Å². The fourth-order valence-electron chi connectivity index (χ4n) is 3.41. The number of aliphatic carboxylic acids is 1. The molecule has 0 saturated heterocycles. The normalized spacial score (nSPS) is 23.4. The number of carboxylic acid groups (broad SMARTS) is 1. The maximum atomic E-state index is 12.0. The van der Waals surface area contributed by atoms with Crippen LogP contribution >= 0.6 is 0 Å². The fraction of sp³-hybridized carbons (Fsp3) is 0.875. The fourth-order valence-corrected chi connectivity index (χ4v) is 3.41. The molecule has 0 bridgehead atoms. The molecular weight excluding hydrogens is 270 g/mol. The lowest BCUT2D eigenvalue weighted by Gasteiger charge is -2.55. The molecule has 2 unspecified atom stereocenters. The largest absolute Gasteiger partial charge is 0.481 e. The van der Waals surface area contributed by atoms with Gasteiger partial charge in [-0.15, -0.1) is 0 Å². The highest BCUT2D eigenvalue weighted by Crippen LogP contribution is 2.48. The predicted molar refractivity (Wildman–Crippen MR) is 81.1 cm³/mol. The molecule has 2 N–H and O–H groups in total. The molecule has 1 amide bonds. The van der Waals surface area contributed by atoms with E-state index in [0.29, 0.717) is 25.9 Å². The summed E-state index contributed by atoms with van der Waals surface area (Å²) in [6.45, 7) is 7.02. The predicted octanol–water partition coefficient (Wildman–Crippen LogP) is 2.73. The number of rotatable bonds is 10. The average Bonchev–Trinajstić information content (AvgIpc) is 2.44. The van der Waals surface area contributed by atoms with Crippen LogP contribution in [0.3, 0.4) is 0 Å². The summed E-state index contributed by atoms with van der Waals surface area (Å²) in [5.74, 6) is -0.767. The van der Waals surface area contributed by atoms with Gasteiger partial charge in [0.1, 0.15) is 0 Å². The van der Waals surface area contributed by atoms with Crippen molar-refractivity contribution in [3.05, 3.63) is 0 Å². The molecule has 5 nitrogen and oxygen atoms in total. The van der Waals surface area contributed by atoms with Gasteiger partial charge in [-0.3, -0.25) is 9.59 Å². The average molecular weight is 299 g/mol. The third kappa shape index (κ3) is 4.43. The minimum absolute atomic E-state index is 0.0339. The summed E-state index contributed by atoms with van der Waals surface area (Å²) < 4.78 is 5.80. The molecular formula is C16H29NO4. The molecule has 1 saturated carbocycles. The Kier molecular flexibility index (Phi) is 7.15. The van der Waals surface area contributed by atoms with Gasteiger partial charge in [-0.25, -0.2) is 0 Å². The van der Waals surface area contributed by atoms with Gasteiger partial charge in [0, 0.05) is 30.9 Å². The van der Waals surface area contributed by atoms with E-state index in [-0.39, 0.29) is 29.9 Å². The number of amides is 1. The molecule has 0 aromatic carbocycles. The Morgan fingerprint density at radius 1 is 1.19 bits per heavy atom. The molecule has 2 atom stereocenters. The Morgan fingerprint density at radius 3 is 2.33 bits per heavy atom. The van der Waals surface area contributed by atoms with Gasteiger partial charge in [-0.2, -0.15) is 0 Å². The van der Waals surface area contributed by atoms with E-state index in [1.807, 2.05) is 6.92 Å². The van der Waals surface area contributed by atoms with Crippen LogP contribution in [0.15, 0.2) is 0 Å². The summed E-state index contributed by atoms with van der Waals surface area (Å²) in [4.78, 5) is 22.4. The summed E-state index contributed by atoms with van der Waals surface area (Å²) in [5, 5.41) is 11.7. The number of carbonyl (C=O) groups excluding carboxylic acids is 1. The van der Waals surface area contributed by atoms with E-state index >= 15 is 0 Å². The Morgan fingerprint density at radius 2 is 1.81 bits per heavy atom. The second-order valence-corrected chi connectivity index (χ2v) is 5.84. The molecule has 1 aliphatic rings. The van der Waals surface area contributed by atoms with Crippen LogP contribution in [0.25, 0.3) is 0 Å². The lowest BCUT2D eigenvalue weighted by molar-refractivity contribution is -0.148. The number of nitrogens with one attached hydrogen (secondary N) is 1. The van der Waals surface area contributed by atoms with Gasteiger partial charge in [0.25, 0.3) is 0 Å². The molecule has 0 heterocycles. The number of hydrogen-bond acceptors (Lipinski definition) is 3. The minimum Gasteiger partial charge on any atom is -0.481 e. The SMILES string of the molecule is CCOC1CC(NC(=O)CCCCC(=O)O)C1(CC)CC. The highest BCUT2D eigenvalue weighted by Gasteiger charge is 2.53. The second kappa shape index (κ2) is 8.37. The van der Waals surface area contributed by atoms with Crippen LogP contribution in [-0.4, -0.2) is 35.7 Å². The first-order valence-corrected chi connectivity index (χ1v) is 8.12. The van der Waals surface area contributed by atoms with E-state index in [1.54, 1.807) is 0 Å². The zero-order chi connectivity index (χ0) is 15.9. The first-order chi connectivity index (χ1) is 10.00. The van der Waals surface area contributed by atoms with Crippen molar-refractivity contribution < 1.29 is 19.4 Å². The van der Waals surface area contributed by atoms with Crippen LogP contribution in [0.5, 0.6) is 0 Å². The van der Waals surface area contributed by atoms with Crippen LogP contribution in [0, 0.1) is 5.41 Å². The van der Waals surface area contributed by atoms with Crippen molar-refractivity contribution in [2.75, 3.05) is 6.61 Å². The highest BCUT2D eigenvalue weighted by atomic mass is 16.5. The van der Waals surface area contributed by atoms with Crippen molar-refractivity contribution in [3.63, 3.8) is 0 Å². The van der Waals surface area contributed by atoms with Crippen molar-refractivity contribution in [1.82, 2.24) is 5.32 Å². The monoisotopic (exact) mass is 299 g/mol. The summed E-state index contributed by atoms with van der Waals surface area (Å²) in [6.07, 6.45) is 4.86. The Bertz CT molecular complexity index is 352. The first kappa shape index (κ1) is 18.0. The van der Waals surface area contributed by atoms with Crippen molar-refractivity contribution in [2.24, 2.45) is 5.41 Å². The number of carbonyl (C=O) groups is 2. The van der Waals surface area contributed by atoms with Crippen molar-refractivity contribution in [3.8, 4) is 0 Å². The molecule has 21 heavy (non-hydrogen) atoms. The molecule has 0 aliphatic heterocycles. The molecule has 0 aromatic heterocycles. The van der Waals surface area contributed by atoms with Crippen LogP contribution in [0.1, 0.15) is 65.7 Å². The second-order valence-electron chi connectivity index (χ2n) is 5.84. The third-order valence-electron chi connectivity index (χ3n) is 4.85. The zero-order valence-electron chi connectivity index (χ0n) is 13.5. The molecule has 5 heteroatoms. The Labute approximate surface area is 127 Å². The molecule has 0 aromatic rings. The van der Waals surface area contributed by atoms with Gasteiger partial charge in [0.15, 0.2) is 0 Å². The molecule has 122 valence electrons. The van der Waals surface area contributed by atoms with E-state index in [9.17, 15) is 9.59 Å². The summed E-state index contributed by atoms with van der Waals surface area (Å²) in [5.41, 5.74) is 0.0622. The number of unbranched alkanes of at least 4 members (excludes halogenated alkanes) is 1. The van der Waals surface area contributed by atoms with Crippen LogP contribution in [-0.2, 0) is 14.3 Å². The van der Waals surface area contributed by atoms with Gasteiger partial charge in [-0.1, -0.05) is 13.8 Å². The van der Waals surface area contributed by atoms with E-state index in [1.165, 1.54) is 0 Å². The van der Waals surface area contributed by atoms with E-state index < -0.39 is 5.97 Å². The number of carboxylic acids is 1. The van der Waals surface area contributed by atoms with Crippen molar-refractivity contribution in [1.29, 1.82) is 0 Å². The van der Waals surface area contributed by atoms with Gasteiger partial charge >= 0.3 is 5.97 Å².